The van der Waals surface area contributed by atoms with E-state index in [0.29, 0.717) is 22.9 Å². The lowest BCUT2D eigenvalue weighted by Crippen LogP contribution is -2.35. The van der Waals surface area contributed by atoms with Crippen LogP contribution in [0.1, 0.15) is 5.69 Å². The summed E-state index contributed by atoms with van der Waals surface area (Å²) in [5, 5.41) is 8.80. The van der Waals surface area contributed by atoms with Gasteiger partial charge in [0.15, 0.2) is 28.8 Å². The van der Waals surface area contributed by atoms with E-state index in [-0.39, 0.29) is 45.5 Å². The molecule has 3 amide bonds. The minimum absolute atomic E-state index is 0.0456. The minimum Gasteiger partial charge on any atom is -0.495 e. The van der Waals surface area contributed by atoms with E-state index in [9.17, 15) is 9.59 Å². The standard InChI is InChI=1S/C27H22Cl2IN7O4/c1-3-23(38)35-18-10-5-4-9-17(18)34-21-13-22(33-15-32-21)37(14-16-8-6-7-11-31-16)27(39)36-26-24(28)19(40-2)12-20(41-30)25(26)29/h3-13,15H,1,14H2,2H3,(H,35,38)(H,36,39)(H,32,33,34). The van der Waals surface area contributed by atoms with Gasteiger partial charge >= 0.3 is 6.03 Å². The van der Waals surface area contributed by atoms with Gasteiger partial charge in [-0.15, -0.1) is 0 Å². The number of amides is 3. The molecule has 4 rings (SSSR count). The topological polar surface area (TPSA) is 131 Å². The number of hydrogen-bond donors (Lipinski definition) is 3. The summed E-state index contributed by atoms with van der Waals surface area (Å²) >= 11 is 14.6. The number of halogens is 3. The number of nitrogens with one attached hydrogen (secondary N) is 3. The maximum atomic E-state index is 13.7. The molecular formula is C27H22Cl2IN7O4. The lowest BCUT2D eigenvalue weighted by molar-refractivity contribution is -0.111. The van der Waals surface area contributed by atoms with Crippen molar-refractivity contribution < 1.29 is 17.4 Å². The van der Waals surface area contributed by atoms with Crippen LogP contribution >= 0.6 is 46.2 Å². The van der Waals surface area contributed by atoms with Gasteiger partial charge in [0.1, 0.15) is 33.8 Å². The van der Waals surface area contributed by atoms with Crippen LogP contribution in [-0.4, -0.2) is 34.0 Å². The molecule has 210 valence electrons. The van der Waals surface area contributed by atoms with Gasteiger partial charge in [0.2, 0.25) is 5.91 Å². The van der Waals surface area contributed by atoms with Crippen molar-refractivity contribution in [2.24, 2.45) is 0 Å². The van der Waals surface area contributed by atoms with Crippen molar-refractivity contribution in [2.45, 2.75) is 6.54 Å². The van der Waals surface area contributed by atoms with Crippen molar-refractivity contribution in [1.82, 2.24) is 15.0 Å². The fourth-order valence-corrected chi connectivity index (χ4v) is 4.61. The zero-order valence-electron chi connectivity index (χ0n) is 21.4. The molecule has 0 radical (unpaired) electrons. The van der Waals surface area contributed by atoms with Crippen LogP contribution in [0, 0.1) is 0 Å². The molecule has 2 aromatic heterocycles. The number of carbonyl (C=O) groups excluding carboxylic acids is 2. The third-order valence-corrected chi connectivity index (χ3v) is 6.75. The molecule has 0 saturated carbocycles. The Morgan fingerprint density at radius 2 is 1.73 bits per heavy atom. The van der Waals surface area contributed by atoms with Crippen LogP contribution in [0.4, 0.5) is 33.5 Å². The first kappa shape index (κ1) is 29.8. The van der Waals surface area contributed by atoms with Crippen molar-refractivity contribution in [3.63, 3.8) is 0 Å². The van der Waals surface area contributed by atoms with E-state index in [2.05, 4.69) is 37.5 Å². The molecule has 0 aliphatic carbocycles. The van der Waals surface area contributed by atoms with Crippen molar-refractivity contribution in [1.29, 1.82) is 0 Å². The Labute approximate surface area is 259 Å². The van der Waals surface area contributed by atoms with Crippen molar-refractivity contribution in [3.8, 4) is 11.5 Å². The lowest BCUT2D eigenvalue weighted by atomic mass is 10.2. The number of methoxy groups -OCH3 is 1. The number of nitrogens with zero attached hydrogens (tertiary/aromatic N) is 4. The molecular weight excluding hydrogens is 684 g/mol. The van der Waals surface area contributed by atoms with Gasteiger partial charge in [0, 0.05) is 18.3 Å². The highest BCUT2D eigenvalue weighted by Gasteiger charge is 2.24. The number of aromatic nitrogens is 3. The summed E-state index contributed by atoms with van der Waals surface area (Å²) in [4.78, 5) is 39.9. The number of rotatable bonds is 10. The van der Waals surface area contributed by atoms with Crippen LogP contribution in [-0.2, 0) is 11.3 Å². The molecule has 0 aliphatic heterocycles. The number of ether oxygens (including phenoxy) is 1. The highest BCUT2D eigenvalue weighted by atomic mass is 127. The highest BCUT2D eigenvalue weighted by molar-refractivity contribution is 14.1. The summed E-state index contributed by atoms with van der Waals surface area (Å²) in [6.45, 7) is 3.53. The summed E-state index contributed by atoms with van der Waals surface area (Å²) in [6, 6.07) is 14.9. The second-order valence-corrected chi connectivity index (χ2v) is 9.32. The van der Waals surface area contributed by atoms with Crippen LogP contribution in [0.5, 0.6) is 11.5 Å². The van der Waals surface area contributed by atoms with Gasteiger partial charge in [0.05, 0.1) is 36.4 Å². The van der Waals surface area contributed by atoms with Crippen LogP contribution in [0.3, 0.4) is 0 Å². The normalized spacial score (nSPS) is 10.3. The SMILES string of the molecule is C=CC(=O)Nc1ccccc1Nc1cc(N(Cc2ccccn2)C(=O)Nc2c(Cl)c(OC)cc(OI)c2Cl)ncn1. The molecule has 0 saturated heterocycles. The second-order valence-electron chi connectivity index (χ2n) is 8.12. The number of carbonyl (C=O) groups is 2. The fraction of sp³-hybridized carbons (Fsp3) is 0.0741. The Hall–Kier alpha value is -4.14. The number of hydrogen-bond acceptors (Lipinski definition) is 8. The molecule has 2 aromatic carbocycles. The van der Waals surface area contributed by atoms with E-state index < -0.39 is 6.03 Å². The average molecular weight is 706 g/mol. The maximum absolute atomic E-state index is 13.7. The molecule has 2 heterocycles. The summed E-state index contributed by atoms with van der Waals surface area (Å²) in [5.74, 6) is 0.721. The van der Waals surface area contributed by atoms with Crippen LogP contribution < -0.4 is 28.7 Å². The number of anilines is 5. The number of para-hydroxylation sites is 2. The van der Waals surface area contributed by atoms with Crippen molar-refractivity contribution in [3.05, 3.63) is 95.5 Å². The van der Waals surface area contributed by atoms with Crippen molar-refractivity contribution in [2.75, 3.05) is 28.0 Å². The number of benzene rings is 2. The molecule has 0 aliphatic rings. The minimum atomic E-state index is -0.615. The van der Waals surface area contributed by atoms with Gasteiger partial charge in [-0.2, -0.15) is 0 Å². The third kappa shape index (κ3) is 7.34. The largest absolute Gasteiger partial charge is 0.495 e. The highest BCUT2D eigenvalue weighted by Crippen LogP contribution is 2.45. The van der Waals surface area contributed by atoms with E-state index in [0.717, 1.165) is 0 Å². The van der Waals surface area contributed by atoms with Gasteiger partial charge in [-0.05, 0) is 30.3 Å². The van der Waals surface area contributed by atoms with E-state index in [1.165, 1.54) is 30.5 Å². The third-order valence-electron chi connectivity index (χ3n) is 5.52. The Balaban J connectivity index is 1.69. The lowest BCUT2D eigenvalue weighted by Gasteiger charge is -2.23. The van der Waals surface area contributed by atoms with Crippen molar-refractivity contribution >= 4 is 86.8 Å². The first-order valence-electron chi connectivity index (χ1n) is 11.8. The summed E-state index contributed by atoms with van der Waals surface area (Å²) in [6.07, 6.45) is 4.09. The second kappa shape index (κ2) is 14.0. The van der Waals surface area contributed by atoms with Gasteiger partial charge in [-0.3, -0.25) is 14.7 Å². The molecule has 14 heteroatoms. The number of pyridine rings is 1. The predicted octanol–water partition coefficient (Wildman–Crippen LogP) is 7.02. The summed E-state index contributed by atoms with van der Waals surface area (Å²) in [7, 11) is 1.43. The molecule has 4 aromatic rings. The summed E-state index contributed by atoms with van der Waals surface area (Å²) < 4.78 is 10.6. The summed E-state index contributed by atoms with van der Waals surface area (Å²) in [5.41, 5.74) is 1.76. The molecule has 0 spiro atoms. The predicted molar refractivity (Wildman–Crippen MR) is 168 cm³/mol. The Bertz CT molecular complexity index is 1550. The smallest absolute Gasteiger partial charge is 0.327 e. The Morgan fingerprint density at radius 1 is 1.00 bits per heavy atom. The Kier molecular flexibility index (Phi) is 10.2. The molecule has 11 nitrogen and oxygen atoms in total. The number of urea groups is 1. The van der Waals surface area contributed by atoms with Gasteiger partial charge in [-0.1, -0.05) is 48.0 Å². The first-order chi connectivity index (χ1) is 19.8. The molecule has 0 fully saturated rings. The molecule has 0 bridgehead atoms. The zero-order chi connectivity index (χ0) is 29.4. The van der Waals surface area contributed by atoms with E-state index in [1.54, 1.807) is 77.7 Å². The van der Waals surface area contributed by atoms with Gasteiger partial charge < -0.3 is 23.8 Å². The molecule has 0 atom stereocenters. The fourth-order valence-electron chi connectivity index (χ4n) is 3.57. The first-order valence-corrected chi connectivity index (χ1v) is 13.4. The van der Waals surface area contributed by atoms with E-state index >= 15 is 0 Å². The maximum Gasteiger partial charge on any atom is 0.327 e. The molecule has 41 heavy (non-hydrogen) atoms. The van der Waals surface area contributed by atoms with E-state index in [1.807, 2.05) is 0 Å². The quantitative estimate of drug-likeness (QED) is 0.119. The molecule has 3 N–H and O–H groups in total. The van der Waals surface area contributed by atoms with Gasteiger partial charge in [0.25, 0.3) is 0 Å². The average Bonchev–Trinajstić information content (AvgIpc) is 2.99. The van der Waals surface area contributed by atoms with Crippen LogP contribution in [0.25, 0.3) is 0 Å². The van der Waals surface area contributed by atoms with Gasteiger partial charge in [-0.25, -0.2) is 14.8 Å². The molecule has 0 unspecified atom stereocenters. The van der Waals surface area contributed by atoms with Crippen LogP contribution in [0.2, 0.25) is 10.0 Å². The van der Waals surface area contributed by atoms with Crippen LogP contribution in [0.15, 0.2) is 79.8 Å². The zero-order valence-corrected chi connectivity index (χ0v) is 25.1. The Morgan fingerprint density at radius 3 is 2.41 bits per heavy atom. The van der Waals surface area contributed by atoms with E-state index in [4.69, 9.17) is 31.0 Å². The monoisotopic (exact) mass is 705 g/mol.